The van der Waals surface area contributed by atoms with Crippen LogP contribution in [0.3, 0.4) is 0 Å². The second-order valence-electron chi connectivity index (χ2n) is 11.7. The summed E-state index contributed by atoms with van der Waals surface area (Å²) in [7, 11) is 0. The van der Waals surface area contributed by atoms with Crippen molar-refractivity contribution in [3.05, 3.63) is 164 Å². The Labute approximate surface area is 271 Å². The van der Waals surface area contributed by atoms with Crippen LogP contribution in [0.2, 0.25) is 0 Å². The van der Waals surface area contributed by atoms with E-state index in [0.29, 0.717) is 17.5 Å². The van der Waals surface area contributed by atoms with Gasteiger partial charge in [-0.15, -0.1) is 0 Å². The van der Waals surface area contributed by atoms with Crippen molar-refractivity contribution in [2.24, 2.45) is 0 Å². The summed E-state index contributed by atoms with van der Waals surface area (Å²) in [6, 6.07) is 56.4. The summed E-state index contributed by atoms with van der Waals surface area (Å²) >= 11 is 0. The van der Waals surface area contributed by atoms with Crippen LogP contribution in [-0.2, 0) is 0 Å². The molecule has 0 unspecified atom stereocenters. The maximum absolute atomic E-state index is 6.41. The van der Waals surface area contributed by atoms with Crippen molar-refractivity contribution in [3.8, 4) is 56.4 Å². The molecular formula is C43H27N3O. The summed E-state index contributed by atoms with van der Waals surface area (Å²) in [5.74, 6) is 1.78. The molecule has 0 aliphatic rings. The molecule has 0 atom stereocenters. The molecule has 220 valence electrons. The number of aromatic nitrogens is 3. The first kappa shape index (κ1) is 27.0. The van der Waals surface area contributed by atoms with Crippen LogP contribution in [0.1, 0.15) is 0 Å². The molecule has 47 heavy (non-hydrogen) atoms. The van der Waals surface area contributed by atoms with Crippen molar-refractivity contribution in [1.82, 2.24) is 15.0 Å². The lowest BCUT2D eigenvalue weighted by Crippen LogP contribution is -2.00. The molecule has 0 radical (unpaired) electrons. The second-order valence-corrected chi connectivity index (χ2v) is 11.7. The molecule has 0 saturated carbocycles. The van der Waals surface area contributed by atoms with Gasteiger partial charge in [0.25, 0.3) is 0 Å². The third kappa shape index (κ3) is 4.93. The van der Waals surface area contributed by atoms with E-state index in [1.807, 2.05) is 42.5 Å². The van der Waals surface area contributed by atoms with Crippen LogP contribution in [0.4, 0.5) is 0 Å². The molecule has 0 amide bonds. The van der Waals surface area contributed by atoms with Gasteiger partial charge < -0.3 is 4.42 Å². The van der Waals surface area contributed by atoms with Gasteiger partial charge in [-0.3, -0.25) is 0 Å². The number of rotatable bonds is 5. The zero-order chi connectivity index (χ0) is 31.2. The summed E-state index contributed by atoms with van der Waals surface area (Å²) in [5, 5.41) is 4.38. The molecule has 2 heterocycles. The Hall–Kier alpha value is -6.39. The monoisotopic (exact) mass is 601 g/mol. The normalized spacial score (nSPS) is 11.4. The van der Waals surface area contributed by atoms with Gasteiger partial charge in [-0.1, -0.05) is 133 Å². The van der Waals surface area contributed by atoms with Crippen molar-refractivity contribution in [1.29, 1.82) is 0 Å². The van der Waals surface area contributed by atoms with Crippen molar-refractivity contribution in [2.75, 3.05) is 0 Å². The Morgan fingerprint density at radius 3 is 1.60 bits per heavy atom. The first-order valence-corrected chi connectivity index (χ1v) is 15.7. The quantitative estimate of drug-likeness (QED) is 0.197. The number of para-hydroxylation sites is 2. The second kappa shape index (κ2) is 11.2. The van der Waals surface area contributed by atoms with Crippen molar-refractivity contribution < 1.29 is 4.42 Å². The lowest BCUT2D eigenvalue weighted by Gasteiger charge is -2.11. The van der Waals surface area contributed by atoms with Gasteiger partial charge in [0.1, 0.15) is 11.2 Å². The minimum atomic E-state index is 0.569. The van der Waals surface area contributed by atoms with Gasteiger partial charge in [0.05, 0.1) is 5.56 Å². The van der Waals surface area contributed by atoms with Gasteiger partial charge in [-0.2, -0.15) is 0 Å². The van der Waals surface area contributed by atoms with E-state index in [-0.39, 0.29) is 0 Å². The predicted octanol–water partition coefficient (Wildman–Crippen LogP) is 11.3. The molecule has 0 bridgehead atoms. The van der Waals surface area contributed by atoms with Gasteiger partial charge in [-0.05, 0) is 63.4 Å². The van der Waals surface area contributed by atoms with E-state index >= 15 is 0 Å². The molecule has 0 saturated heterocycles. The fourth-order valence-electron chi connectivity index (χ4n) is 6.34. The highest BCUT2D eigenvalue weighted by atomic mass is 16.3. The summed E-state index contributed by atoms with van der Waals surface area (Å²) in [6.45, 7) is 0. The standard InChI is InChI=1S/C43H27N3O/c1-3-11-28(12-4-1)30-15-9-16-34(26-30)41-44-42(35-24-23-32-25-31(21-22-33(32)27-35)29-13-5-2-6-14-29)46-43(45-41)38-19-10-18-37-36-17-7-8-20-39(36)47-40(37)38/h1-27H. The lowest BCUT2D eigenvalue weighted by atomic mass is 10.00. The first-order valence-electron chi connectivity index (χ1n) is 15.7. The zero-order valence-electron chi connectivity index (χ0n) is 25.3. The topological polar surface area (TPSA) is 51.8 Å². The number of hydrogen-bond acceptors (Lipinski definition) is 4. The van der Waals surface area contributed by atoms with Gasteiger partial charge >= 0.3 is 0 Å². The number of furan rings is 1. The Bertz CT molecular complexity index is 2570. The summed E-state index contributed by atoms with van der Waals surface area (Å²) in [4.78, 5) is 15.2. The zero-order valence-corrected chi connectivity index (χ0v) is 25.3. The van der Waals surface area contributed by atoms with Gasteiger partial charge in [0.2, 0.25) is 0 Å². The third-order valence-corrected chi connectivity index (χ3v) is 8.71. The van der Waals surface area contributed by atoms with E-state index in [4.69, 9.17) is 19.4 Å². The van der Waals surface area contributed by atoms with Crippen LogP contribution in [0.25, 0.3) is 89.1 Å². The Morgan fingerprint density at radius 2 is 0.851 bits per heavy atom. The smallest absolute Gasteiger partial charge is 0.167 e. The van der Waals surface area contributed by atoms with Crippen molar-refractivity contribution >= 4 is 32.7 Å². The molecule has 9 aromatic rings. The van der Waals surface area contributed by atoms with Crippen molar-refractivity contribution in [2.45, 2.75) is 0 Å². The molecule has 9 rings (SSSR count). The van der Waals surface area contributed by atoms with E-state index in [1.165, 1.54) is 11.1 Å². The highest BCUT2D eigenvalue weighted by molar-refractivity contribution is 6.09. The fraction of sp³-hybridized carbons (Fsp3) is 0. The van der Waals surface area contributed by atoms with E-state index in [9.17, 15) is 0 Å². The average molecular weight is 602 g/mol. The largest absolute Gasteiger partial charge is 0.455 e. The van der Waals surface area contributed by atoms with Crippen LogP contribution < -0.4 is 0 Å². The van der Waals surface area contributed by atoms with Crippen molar-refractivity contribution in [3.63, 3.8) is 0 Å². The van der Waals surface area contributed by atoms with Gasteiger partial charge in [0.15, 0.2) is 17.5 Å². The molecule has 7 aromatic carbocycles. The van der Waals surface area contributed by atoms with Crippen LogP contribution in [0, 0.1) is 0 Å². The number of fused-ring (bicyclic) bond motifs is 4. The summed E-state index contributed by atoms with van der Waals surface area (Å²) in [6.07, 6.45) is 0. The molecule has 2 aromatic heterocycles. The molecule has 0 N–H and O–H groups in total. The molecule has 4 nitrogen and oxygen atoms in total. The van der Waals surface area contributed by atoms with Gasteiger partial charge in [-0.25, -0.2) is 15.0 Å². The minimum Gasteiger partial charge on any atom is -0.455 e. The molecule has 0 spiro atoms. The minimum absolute atomic E-state index is 0.569. The molecular weight excluding hydrogens is 574 g/mol. The average Bonchev–Trinajstić information content (AvgIpc) is 3.54. The predicted molar refractivity (Wildman–Crippen MR) is 192 cm³/mol. The highest BCUT2D eigenvalue weighted by Crippen LogP contribution is 2.36. The Kier molecular flexibility index (Phi) is 6.43. The maximum atomic E-state index is 6.41. The van der Waals surface area contributed by atoms with Crippen LogP contribution in [0.5, 0.6) is 0 Å². The third-order valence-electron chi connectivity index (χ3n) is 8.71. The molecule has 0 aliphatic heterocycles. The van der Waals surface area contributed by atoms with Crippen LogP contribution in [0.15, 0.2) is 168 Å². The van der Waals surface area contributed by atoms with E-state index in [0.717, 1.165) is 60.5 Å². The number of benzene rings is 7. The molecule has 0 aliphatic carbocycles. The maximum Gasteiger partial charge on any atom is 0.167 e. The number of nitrogens with zero attached hydrogens (tertiary/aromatic N) is 3. The number of hydrogen-bond donors (Lipinski definition) is 0. The van der Waals surface area contributed by atoms with Gasteiger partial charge in [0, 0.05) is 21.9 Å². The van der Waals surface area contributed by atoms with Crippen LogP contribution >= 0.6 is 0 Å². The summed E-state index contributed by atoms with van der Waals surface area (Å²) in [5.41, 5.74) is 8.90. The highest BCUT2D eigenvalue weighted by Gasteiger charge is 2.18. The first-order chi connectivity index (χ1) is 23.3. The molecule has 0 fully saturated rings. The Balaban J connectivity index is 1.22. The SMILES string of the molecule is c1ccc(-c2cccc(-c3nc(-c4ccc5cc(-c6ccccc6)ccc5c4)nc(-c4cccc5c4oc4ccccc45)n3)c2)cc1. The van der Waals surface area contributed by atoms with E-state index in [1.54, 1.807) is 0 Å². The van der Waals surface area contributed by atoms with E-state index < -0.39 is 0 Å². The van der Waals surface area contributed by atoms with Crippen LogP contribution in [-0.4, -0.2) is 15.0 Å². The molecule has 4 heteroatoms. The summed E-state index contributed by atoms with van der Waals surface area (Å²) < 4.78 is 6.41. The fourth-order valence-corrected chi connectivity index (χ4v) is 6.34. The van der Waals surface area contributed by atoms with E-state index in [2.05, 4.69) is 121 Å². The Morgan fingerprint density at radius 1 is 0.340 bits per heavy atom. The lowest BCUT2D eigenvalue weighted by molar-refractivity contribution is 0.669.